The summed E-state index contributed by atoms with van der Waals surface area (Å²) in [6.45, 7) is 3.61. The average molecular weight is 308 g/mol. The first-order valence-corrected chi connectivity index (χ1v) is 6.78. The molecular formula is C14H17F5N2. The Labute approximate surface area is 119 Å². The number of rotatable bonds is 3. The molecule has 0 bridgehead atoms. The van der Waals surface area contributed by atoms with Crippen LogP contribution >= 0.6 is 0 Å². The molecule has 1 aliphatic rings. The lowest BCUT2D eigenvalue weighted by molar-refractivity contribution is -0.289. The van der Waals surface area contributed by atoms with E-state index in [4.69, 9.17) is 0 Å². The van der Waals surface area contributed by atoms with Crippen molar-refractivity contribution in [2.75, 3.05) is 26.2 Å². The second-order valence-corrected chi connectivity index (χ2v) is 5.15. The minimum atomic E-state index is -5.57. The van der Waals surface area contributed by atoms with Crippen molar-refractivity contribution in [3.8, 4) is 0 Å². The van der Waals surface area contributed by atoms with Crippen molar-refractivity contribution in [1.29, 1.82) is 0 Å². The molecule has 0 aromatic heterocycles. The van der Waals surface area contributed by atoms with Crippen molar-refractivity contribution < 1.29 is 22.0 Å². The summed E-state index contributed by atoms with van der Waals surface area (Å²) >= 11 is 0. The monoisotopic (exact) mass is 308 g/mol. The quantitative estimate of drug-likeness (QED) is 0.863. The summed E-state index contributed by atoms with van der Waals surface area (Å²) in [6, 6.07) is 4.60. The summed E-state index contributed by atoms with van der Waals surface area (Å²) in [5.74, 6) is -4.82. The van der Waals surface area contributed by atoms with Crippen molar-refractivity contribution >= 4 is 0 Å². The van der Waals surface area contributed by atoms with Gasteiger partial charge < -0.3 is 5.32 Å². The molecule has 0 radical (unpaired) electrons. The van der Waals surface area contributed by atoms with Gasteiger partial charge in [-0.05, 0) is 31.1 Å². The van der Waals surface area contributed by atoms with Gasteiger partial charge in [0.05, 0.1) is 0 Å². The van der Waals surface area contributed by atoms with Crippen molar-refractivity contribution in [3.05, 3.63) is 35.4 Å². The first kappa shape index (κ1) is 16.2. The zero-order chi connectivity index (χ0) is 15.5. The highest BCUT2D eigenvalue weighted by atomic mass is 19.4. The molecule has 1 N–H and O–H groups in total. The Kier molecular flexibility index (Phi) is 4.83. The van der Waals surface area contributed by atoms with E-state index in [-0.39, 0.29) is 0 Å². The summed E-state index contributed by atoms with van der Waals surface area (Å²) in [7, 11) is 0. The predicted molar refractivity (Wildman–Crippen MR) is 69.2 cm³/mol. The van der Waals surface area contributed by atoms with Gasteiger partial charge in [0.1, 0.15) is 0 Å². The summed E-state index contributed by atoms with van der Waals surface area (Å²) in [4.78, 5) is 2.05. The molecule has 0 unspecified atom stereocenters. The molecule has 7 heteroatoms. The molecule has 118 valence electrons. The van der Waals surface area contributed by atoms with Gasteiger partial charge in [-0.15, -0.1) is 0 Å². The molecule has 0 aliphatic carbocycles. The maximum Gasteiger partial charge on any atom is 0.458 e. The van der Waals surface area contributed by atoms with Gasteiger partial charge in [-0.1, -0.05) is 18.2 Å². The Morgan fingerprint density at radius 2 is 1.81 bits per heavy atom. The van der Waals surface area contributed by atoms with Gasteiger partial charge in [0, 0.05) is 25.2 Å². The molecule has 0 atom stereocenters. The maximum atomic E-state index is 13.3. The molecule has 0 amide bonds. The smallest absolute Gasteiger partial charge is 0.315 e. The molecule has 1 heterocycles. The van der Waals surface area contributed by atoms with E-state index in [1.54, 1.807) is 6.07 Å². The highest BCUT2D eigenvalue weighted by Crippen LogP contribution is 2.43. The van der Waals surface area contributed by atoms with E-state index in [1.807, 2.05) is 4.90 Å². The summed E-state index contributed by atoms with van der Waals surface area (Å²) in [5.41, 5.74) is -0.529. The van der Waals surface area contributed by atoms with Crippen LogP contribution in [0.15, 0.2) is 24.3 Å². The van der Waals surface area contributed by atoms with E-state index in [1.165, 1.54) is 6.07 Å². The fourth-order valence-electron chi connectivity index (χ4n) is 2.35. The van der Waals surface area contributed by atoms with Gasteiger partial charge in [-0.25, -0.2) is 0 Å². The van der Waals surface area contributed by atoms with E-state index in [0.29, 0.717) is 12.1 Å². The van der Waals surface area contributed by atoms with Crippen LogP contribution in [0, 0.1) is 0 Å². The van der Waals surface area contributed by atoms with Crippen LogP contribution in [0.3, 0.4) is 0 Å². The van der Waals surface area contributed by atoms with Crippen molar-refractivity contribution in [1.82, 2.24) is 10.2 Å². The maximum absolute atomic E-state index is 13.3. The van der Waals surface area contributed by atoms with Crippen LogP contribution in [0.4, 0.5) is 22.0 Å². The van der Waals surface area contributed by atoms with Crippen LogP contribution < -0.4 is 5.32 Å². The molecule has 1 fully saturated rings. The third-order valence-corrected chi connectivity index (χ3v) is 3.48. The third kappa shape index (κ3) is 3.91. The molecule has 2 nitrogen and oxygen atoms in total. The van der Waals surface area contributed by atoms with Crippen LogP contribution in [0.5, 0.6) is 0 Å². The van der Waals surface area contributed by atoms with Gasteiger partial charge in [-0.2, -0.15) is 22.0 Å². The molecule has 21 heavy (non-hydrogen) atoms. The number of alkyl halides is 5. The van der Waals surface area contributed by atoms with Crippen LogP contribution in [-0.4, -0.2) is 37.3 Å². The van der Waals surface area contributed by atoms with Crippen LogP contribution in [0.25, 0.3) is 0 Å². The van der Waals surface area contributed by atoms with Crippen molar-refractivity contribution in [2.45, 2.75) is 25.1 Å². The summed E-state index contributed by atoms with van der Waals surface area (Å²) in [6.07, 6.45) is -4.64. The predicted octanol–water partition coefficient (Wildman–Crippen LogP) is 3.14. The van der Waals surface area contributed by atoms with Crippen LogP contribution in [-0.2, 0) is 12.5 Å². The van der Waals surface area contributed by atoms with Crippen molar-refractivity contribution in [2.24, 2.45) is 0 Å². The second kappa shape index (κ2) is 6.27. The number of halogens is 5. The zero-order valence-corrected chi connectivity index (χ0v) is 11.4. The highest BCUT2D eigenvalue weighted by Gasteiger charge is 2.58. The lowest BCUT2D eigenvalue weighted by Crippen LogP contribution is -2.34. The standard InChI is InChI=1S/C14H17F5N2/c15-13(16,14(17,18)19)12-4-1-3-11(9-12)10-21-7-2-5-20-6-8-21/h1,3-4,9,20H,2,5-8,10H2. The number of hydrogen-bond acceptors (Lipinski definition) is 2. The first-order valence-electron chi connectivity index (χ1n) is 6.78. The molecule has 1 aromatic carbocycles. The van der Waals surface area contributed by atoms with E-state index >= 15 is 0 Å². The van der Waals surface area contributed by atoms with Crippen LogP contribution in [0.1, 0.15) is 17.5 Å². The van der Waals surface area contributed by atoms with E-state index in [0.717, 1.165) is 44.7 Å². The number of nitrogens with one attached hydrogen (secondary N) is 1. The molecule has 0 saturated carbocycles. The minimum absolute atomic E-state index is 0.378. The number of benzene rings is 1. The van der Waals surface area contributed by atoms with Gasteiger partial charge in [0.2, 0.25) is 0 Å². The van der Waals surface area contributed by atoms with E-state index in [2.05, 4.69) is 5.32 Å². The topological polar surface area (TPSA) is 15.3 Å². The fourth-order valence-corrected chi connectivity index (χ4v) is 2.35. The SMILES string of the molecule is FC(F)(F)C(F)(F)c1cccc(CN2CCCNCC2)c1. The number of nitrogens with zero attached hydrogens (tertiary/aromatic N) is 1. The van der Waals surface area contributed by atoms with Crippen LogP contribution in [0.2, 0.25) is 0 Å². The normalized spacial score (nSPS) is 18.5. The Morgan fingerprint density at radius 3 is 2.52 bits per heavy atom. The fraction of sp³-hybridized carbons (Fsp3) is 0.571. The van der Waals surface area contributed by atoms with E-state index < -0.39 is 17.7 Å². The van der Waals surface area contributed by atoms with Gasteiger partial charge >= 0.3 is 12.1 Å². The molecular weight excluding hydrogens is 291 g/mol. The Bertz CT molecular complexity index is 465. The molecule has 1 saturated heterocycles. The molecule has 0 spiro atoms. The van der Waals surface area contributed by atoms with Gasteiger partial charge in [0.25, 0.3) is 0 Å². The largest absolute Gasteiger partial charge is 0.458 e. The molecule has 1 aromatic rings. The Balaban J connectivity index is 2.14. The molecule has 1 aliphatic heterocycles. The average Bonchev–Trinajstić information content (AvgIpc) is 2.66. The Morgan fingerprint density at radius 1 is 1.05 bits per heavy atom. The number of hydrogen-bond donors (Lipinski definition) is 1. The highest BCUT2D eigenvalue weighted by molar-refractivity contribution is 5.28. The first-order chi connectivity index (χ1) is 9.80. The summed E-state index contributed by atoms with van der Waals surface area (Å²) in [5, 5.41) is 3.21. The molecule has 2 rings (SSSR count). The zero-order valence-electron chi connectivity index (χ0n) is 11.4. The lowest BCUT2D eigenvalue weighted by atomic mass is 10.0. The van der Waals surface area contributed by atoms with E-state index in [9.17, 15) is 22.0 Å². The van der Waals surface area contributed by atoms with Gasteiger partial charge in [0.15, 0.2) is 0 Å². The Hall–Kier alpha value is -1.21. The summed E-state index contributed by atoms with van der Waals surface area (Å²) < 4.78 is 63.9. The minimum Gasteiger partial charge on any atom is -0.315 e. The van der Waals surface area contributed by atoms with Gasteiger partial charge in [-0.3, -0.25) is 4.90 Å². The van der Waals surface area contributed by atoms with Crippen molar-refractivity contribution in [3.63, 3.8) is 0 Å². The lowest BCUT2D eigenvalue weighted by Gasteiger charge is -2.22. The second-order valence-electron chi connectivity index (χ2n) is 5.15. The third-order valence-electron chi connectivity index (χ3n) is 3.48.